The molecule has 0 fully saturated rings. The lowest BCUT2D eigenvalue weighted by Crippen LogP contribution is -2.42. The van der Waals surface area contributed by atoms with E-state index in [9.17, 15) is 15.0 Å². The Morgan fingerprint density at radius 3 is 1.90 bits per heavy atom. The quantitative estimate of drug-likeness (QED) is 0.640. The molecule has 0 rings (SSSR count). The molecule has 0 spiro atoms. The molecule has 120 valence electrons. The van der Waals surface area contributed by atoms with Crippen LogP contribution in [0.5, 0.6) is 0 Å². The summed E-state index contributed by atoms with van der Waals surface area (Å²) in [6.07, 6.45) is 0.337. The molecular weight excluding hydrogens is 256 g/mol. The second-order valence-electron chi connectivity index (χ2n) is 5.88. The first-order chi connectivity index (χ1) is 9.29. The van der Waals surface area contributed by atoms with Gasteiger partial charge in [0.2, 0.25) is 0 Å². The third-order valence-corrected chi connectivity index (χ3v) is 4.40. The SMILES string of the molecule is CCC(=O)O[C@H](CC)[C@@H](C)[C@H](O)[C@H](C)[C@H](O)[C@@H](C)CC. The van der Waals surface area contributed by atoms with Crippen LogP contribution in [0.15, 0.2) is 0 Å². The van der Waals surface area contributed by atoms with Crippen LogP contribution < -0.4 is 0 Å². The predicted molar refractivity (Wildman–Crippen MR) is 80.3 cm³/mol. The minimum absolute atomic E-state index is 0.144. The molecule has 6 atom stereocenters. The van der Waals surface area contributed by atoms with E-state index in [0.717, 1.165) is 6.42 Å². The van der Waals surface area contributed by atoms with Crippen LogP contribution in [0.25, 0.3) is 0 Å². The van der Waals surface area contributed by atoms with E-state index in [1.807, 2.05) is 34.6 Å². The average molecular weight is 288 g/mol. The van der Waals surface area contributed by atoms with Crippen molar-refractivity contribution in [2.24, 2.45) is 17.8 Å². The van der Waals surface area contributed by atoms with E-state index in [-0.39, 0.29) is 29.8 Å². The summed E-state index contributed by atoms with van der Waals surface area (Å²) in [5.74, 6) is -0.533. The number of rotatable bonds is 9. The second-order valence-corrected chi connectivity index (χ2v) is 5.88. The summed E-state index contributed by atoms with van der Waals surface area (Å²) in [5.41, 5.74) is 0. The van der Waals surface area contributed by atoms with Crippen LogP contribution in [0.3, 0.4) is 0 Å². The van der Waals surface area contributed by atoms with Gasteiger partial charge in [-0.2, -0.15) is 0 Å². The summed E-state index contributed by atoms with van der Waals surface area (Å²) in [4.78, 5) is 11.4. The molecule has 0 radical (unpaired) electrons. The number of hydrogen-bond acceptors (Lipinski definition) is 4. The van der Waals surface area contributed by atoms with Gasteiger partial charge in [-0.15, -0.1) is 0 Å². The fraction of sp³-hybridized carbons (Fsp3) is 0.938. The van der Waals surface area contributed by atoms with Crippen LogP contribution in [0, 0.1) is 17.8 Å². The Kier molecular flexibility index (Phi) is 9.06. The van der Waals surface area contributed by atoms with Crippen molar-refractivity contribution in [2.45, 2.75) is 79.1 Å². The van der Waals surface area contributed by atoms with Gasteiger partial charge in [0, 0.05) is 18.3 Å². The molecular formula is C16H32O4. The third kappa shape index (κ3) is 5.41. The van der Waals surface area contributed by atoms with Crippen LogP contribution in [-0.2, 0) is 9.53 Å². The molecule has 0 unspecified atom stereocenters. The standard InChI is InChI=1S/C16H32O4/c1-7-10(4)15(18)12(6)16(19)11(5)13(8-2)20-14(17)9-3/h10-13,15-16,18-19H,7-9H2,1-6H3/t10-,11+,12+,13+,15+,16-/m0/s1. The lowest BCUT2D eigenvalue weighted by molar-refractivity contribution is -0.155. The first-order valence-corrected chi connectivity index (χ1v) is 7.85. The highest BCUT2D eigenvalue weighted by molar-refractivity contribution is 5.69. The van der Waals surface area contributed by atoms with Crippen molar-refractivity contribution in [2.75, 3.05) is 0 Å². The molecule has 0 heterocycles. The largest absolute Gasteiger partial charge is 0.462 e. The van der Waals surface area contributed by atoms with Crippen molar-refractivity contribution in [3.05, 3.63) is 0 Å². The first-order valence-electron chi connectivity index (χ1n) is 7.85. The summed E-state index contributed by atoms with van der Waals surface area (Å²) in [5, 5.41) is 20.7. The van der Waals surface area contributed by atoms with Gasteiger partial charge >= 0.3 is 5.97 Å². The van der Waals surface area contributed by atoms with Gasteiger partial charge < -0.3 is 14.9 Å². The Hall–Kier alpha value is -0.610. The minimum atomic E-state index is -0.686. The minimum Gasteiger partial charge on any atom is -0.462 e. The predicted octanol–water partition coefficient (Wildman–Crippen LogP) is 2.76. The zero-order valence-corrected chi connectivity index (χ0v) is 13.8. The number of ether oxygens (including phenoxy) is 1. The molecule has 0 saturated carbocycles. The summed E-state index contributed by atoms with van der Waals surface area (Å²) in [7, 11) is 0. The van der Waals surface area contributed by atoms with E-state index in [4.69, 9.17) is 4.74 Å². The monoisotopic (exact) mass is 288 g/mol. The number of aliphatic hydroxyl groups excluding tert-OH is 2. The Morgan fingerprint density at radius 1 is 0.950 bits per heavy atom. The smallest absolute Gasteiger partial charge is 0.305 e. The molecule has 4 heteroatoms. The van der Waals surface area contributed by atoms with Gasteiger partial charge in [-0.05, 0) is 12.3 Å². The van der Waals surface area contributed by atoms with Crippen molar-refractivity contribution in [1.29, 1.82) is 0 Å². The molecule has 0 aliphatic heterocycles. The van der Waals surface area contributed by atoms with E-state index in [0.29, 0.717) is 12.8 Å². The van der Waals surface area contributed by atoms with Gasteiger partial charge in [0.05, 0.1) is 12.2 Å². The maximum absolute atomic E-state index is 11.4. The zero-order chi connectivity index (χ0) is 15.9. The van der Waals surface area contributed by atoms with Gasteiger partial charge in [0.15, 0.2) is 0 Å². The van der Waals surface area contributed by atoms with Gasteiger partial charge in [0.25, 0.3) is 0 Å². The maximum Gasteiger partial charge on any atom is 0.305 e. The Balaban J connectivity index is 4.71. The molecule has 0 bridgehead atoms. The highest BCUT2D eigenvalue weighted by atomic mass is 16.5. The van der Waals surface area contributed by atoms with Gasteiger partial charge in [-0.25, -0.2) is 0 Å². The third-order valence-electron chi connectivity index (χ3n) is 4.40. The molecule has 2 N–H and O–H groups in total. The summed E-state index contributed by atoms with van der Waals surface area (Å²) in [6, 6.07) is 0. The van der Waals surface area contributed by atoms with Crippen LogP contribution >= 0.6 is 0 Å². The van der Waals surface area contributed by atoms with E-state index in [2.05, 4.69) is 0 Å². The van der Waals surface area contributed by atoms with Crippen LogP contribution in [0.2, 0.25) is 0 Å². The van der Waals surface area contributed by atoms with Crippen molar-refractivity contribution < 1.29 is 19.7 Å². The van der Waals surface area contributed by atoms with Crippen LogP contribution in [0.1, 0.15) is 60.8 Å². The Bertz CT molecular complexity index is 280. The van der Waals surface area contributed by atoms with E-state index in [1.165, 1.54) is 0 Å². The first kappa shape index (κ1) is 19.4. The molecule has 4 nitrogen and oxygen atoms in total. The number of carbonyl (C=O) groups is 1. The lowest BCUT2D eigenvalue weighted by Gasteiger charge is -2.34. The molecule has 0 aliphatic rings. The molecule has 0 amide bonds. The maximum atomic E-state index is 11.4. The Morgan fingerprint density at radius 2 is 1.50 bits per heavy atom. The molecule has 0 saturated heterocycles. The van der Waals surface area contributed by atoms with Crippen LogP contribution in [0.4, 0.5) is 0 Å². The van der Waals surface area contributed by atoms with Crippen molar-refractivity contribution in [3.63, 3.8) is 0 Å². The van der Waals surface area contributed by atoms with E-state index < -0.39 is 12.2 Å². The second kappa shape index (κ2) is 9.35. The molecule has 0 aromatic carbocycles. The highest BCUT2D eigenvalue weighted by Gasteiger charge is 2.34. The van der Waals surface area contributed by atoms with Crippen molar-refractivity contribution in [1.82, 2.24) is 0 Å². The lowest BCUT2D eigenvalue weighted by atomic mass is 9.81. The molecule has 0 aliphatic carbocycles. The fourth-order valence-electron chi connectivity index (χ4n) is 2.48. The molecule has 0 aromatic heterocycles. The van der Waals surface area contributed by atoms with Crippen molar-refractivity contribution >= 4 is 5.97 Å². The number of carbonyl (C=O) groups excluding carboxylic acids is 1. The van der Waals surface area contributed by atoms with Gasteiger partial charge in [0.1, 0.15) is 6.10 Å². The van der Waals surface area contributed by atoms with E-state index >= 15 is 0 Å². The van der Waals surface area contributed by atoms with Crippen LogP contribution in [-0.4, -0.2) is 34.5 Å². The normalized spacial score (nSPS) is 20.6. The molecule has 20 heavy (non-hydrogen) atoms. The highest BCUT2D eigenvalue weighted by Crippen LogP contribution is 2.26. The topological polar surface area (TPSA) is 66.8 Å². The summed E-state index contributed by atoms with van der Waals surface area (Å²) < 4.78 is 5.37. The summed E-state index contributed by atoms with van der Waals surface area (Å²) in [6.45, 7) is 11.4. The van der Waals surface area contributed by atoms with Crippen molar-refractivity contribution in [3.8, 4) is 0 Å². The van der Waals surface area contributed by atoms with Gasteiger partial charge in [-0.1, -0.05) is 48.0 Å². The number of hydrogen-bond donors (Lipinski definition) is 2. The fourth-order valence-corrected chi connectivity index (χ4v) is 2.48. The zero-order valence-electron chi connectivity index (χ0n) is 13.8. The van der Waals surface area contributed by atoms with Gasteiger partial charge in [-0.3, -0.25) is 4.79 Å². The average Bonchev–Trinajstić information content (AvgIpc) is 2.48. The number of aliphatic hydroxyl groups is 2. The molecule has 0 aromatic rings. The summed E-state index contributed by atoms with van der Waals surface area (Å²) >= 11 is 0. The Labute approximate surface area is 123 Å². The van der Waals surface area contributed by atoms with E-state index in [1.54, 1.807) is 6.92 Å². The number of esters is 1.